The van der Waals surface area contributed by atoms with Crippen LogP contribution in [-0.4, -0.2) is 9.55 Å². The third-order valence-corrected chi connectivity index (χ3v) is 6.53. The zero-order valence-electron chi connectivity index (χ0n) is 16.9. The molecular weight excluding hydrogens is 352 g/mol. The van der Waals surface area contributed by atoms with Gasteiger partial charge in [0.1, 0.15) is 0 Å². The van der Waals surface area contributed by atoms with Crippen molar-refractivity contribution in [1.29, 1.82) is 0 Å². The maximum absolute atomic E-state index is 3.59. The Labute approximate surface area is 170 Å². The Hall–Kier alpha value is -3.26. The van der Waals surface area contributed by atoms with Crippen LogP contribution in [0, 0.1) is 5.92 Å². The van der Waals surface area contributed by atoms with Gasteiger partial charge in [-0.05, 0) is 59.7 Å². The highest BCUT2D eigenvalue weighted by Gasteiger charge is 2.17. The number of nitrogens with one attached hydrogen (secondary N) is 1. The van der Waals surface area contributed by atoms with Crippen LogP contribution in [0.5, 0.6) is 0 Å². The first-order chi connectivity index (χ1) is 14.2. The van der Waals surface area contributed by atoms with Crippen LogP contribution < -0.4 is 0 Å². The standard InChI is InChI=1S/C27H24N2/c1-17-10-12-24-22(14-17)23-16-18(11-13-25(23)28-24)15-19-6-5-8-21-20-7-3-4-9-26(20)29(2)27(19)21/h3-13,16-17,28H,14-15H2,1-2H3. The quantitative estimate of drug-likeness (QED) is 0.358. The number of aryl methyl sites for hydroxylation is 1. The number of para-hydroxylation sites is 2. The number of allylic oxidation sites excluding steroid dienone is 1. The number of hydrogen-bond donors (Lipinski definition) is 1. The highest BCUT2D eigenvalue weighted by molar-refractivity contribution is 6.09. The highest BCUT2D eigenvalue weighted by atomic mass is 14.9. The summed E-state index contributed by atoms with van der Waals surface area (Å²) < 4.78 is 2.35. The van der Waals surface area contributed by atoms with E-state index in [1.807, 2.05) is 0 Å². The minimum absolute atomic E-state index is 0.606. The van der Waals surface area contributed by atoms with E-state index in [0.29, 0.717) is 5.92 Å². The van der Waals surface area contributed by atoms with E-state index in [4.69, 9.17) is 0 Å². The maximum atomic E-state index is 3.59. The molecule has 0 saturated heterocycles. The first kappa shape index (κ1) is 16.7. The van der Waals surface area contributed by atoms with Crippen LogP contribution in [0.4, 0.5) is 0 Å². The molecule has 2 heterocycles. The van der Waals surface area contributed by atoms with Crippen LogP contribution in [0.25, 0.3) is 38.8 Å². The van der Waals surface area contributed by atoms with E-state index in [1.54, 1.807) is 0 Å². The van der Waals surface area contributed by atoms with Crippen molar-refractivity contribution in [3.05, 3.63) is 89.1 Å². The van der Waals surface area contributed by atoms with Crippen LogP contribution in [0.3, 0.4) is 0 Å². The van der Waals surface area contributed by atoms with Gasteiger partial charge in [-0.3, -0.25) is 0 Å². The van der Waals surface area contributed by atoms with Gasteiger partial charge in [-0.25, -0.2) is 0 Å². The molecule has 29 heavy (non-hydrogen) atoms. The molecular formula is C27H24N2. The number of fused-ring (bicyclic) bond motifs is 6. The summed E-state index contributed by atoms with van der Waals surface area (Å²) in [6.07, 6.45) is 6.62. The number of nitrogens with zero attached hydrogens (tertiary/aromatic N) is 1. The Morgan fingerprint density at radius 2 is 1.83 bits per heavy atom. The second kappa shape index (κ2) is 6.12. The van der Waals surface area contributed by atoms with Crippen molar-refractivity contribution >= 4 is 38.8 Å². The van der Waals surface area contributed by atoms with Gasteiger partial charge < -0.3 is 9.55 Å². The SMILES string of the molecule is CC1C=Cc2[nH]c3ccc(Cc4cccc5c6ccccc6n(C)c45)cc3c2C1. The van der Waals surface area contributed by atoms with Crippen molar-refractivity contribution < 1.29 is 0 Å². The summed E-state index contributed by atoms with van der Waals surface area (Å²) in [5.41, 5.74) is 9.41. The summed E-state index contributed by atoms with van der Waals surface area (Å²) in [6, 6.07) is 22.4. The fourth-order valence-electron chi connectivity index (χ4n) is 5.12. The maximum Gasteiger partial charge on any atom is 0.0524 e. The largest absolute Gasteiger partial charge is 0.355 e. The topological polar surface area (TPSA) is 20.7 Å². The molecule has 142 valence electrons. The van der Waals surface area contributed by atoms with E-state index in [0.717, 1.165) is 12.8 Å². The molecule has 0 bridgehead atoms. The normalized spacial score (nSPS) is 16.1. The molecule has 2 nitrogen and oxygen atoms in total. The zero-order chi connectivity index (χ0) is 19.5. The molecule has 1 aliphatic rings. The van der Waals surface area contributed by atoms with E-state index in [2.05, 4.69) is 96.3 Å². The van der Waals surface area contributed by atoms with Crippen LogP contribution >= 0.6 is 0 Å². The molecule has 0 aliphatic heterocycles. The highest BCUT2D eigenvalue weighted by Crippen LogP contribution is 2.33. The molecule has 1 aliphatic carbocycles. The van der Waals surface area contributed by atoms with Crippen LogP contribution in [0.1, 0.15) is 29.3 Å². The van der Waals surface area contributed by atoms with E-state index in [9.17, 15) is 0 Å². The first-order valence-corrected chi connectivity index (χ1v) is 10.5. The van der Waals surface area contributed by atoms with E-state index >= 15 is 0 Å². The average molecular weight is 377 g/mol. The Bertz CT molecular complexity index is 1430. The van der Waals surface area contributed by atoms with Crippen molar-refractivity contribution in [2.75, 3.05) is 0 Å². The van der Waals surface area contributed by atoms with Gasteiger partial charge in [-0.15, -0.1) is 0 Å². The van der Waals surface area contributed by atoms with Crippen molar-refractivity contribution in [2.24, 2.45) is 13.0 Å². The number of hydrogen-bond acceptors (Lipinski definition) is 0. The van der Waals surface area contributed by atoms with Gasteiger partial charge in [0.25, 0.3) is 0 Å². The molecule has 0 saturated carbocycles. The minimum Gasteiger partial charge on any atom is -0.355 e. The fraction of sp³-hybridized carbons (Fsp3) is 0.185. The Kier molecular flexibility index (Phi) is 3.52. The molecule has 1 N–H and O–H groups in total. The third kappa shape index (κ3) is 2.49. The minimum atomic E-state index is 0.606. The van der Waals surface area contributed by atoms with Crippen LogP contribution in [0.15, 0.2) is 66.7 Å². The number of H-pyrrole nitrogens is 1. The lowest BCUT2D eigenvalue weighted by Crippen LogP contribution is -2.01. The fourth-order valence-corrected chi connectivity index (χ4v) is 5.12. The second-order valence-corrected chi connectivity index (χ2v) is 8.50. The molecule has 6 rings (SSSR count). The van der Waals surface area contributed by atoms with Gasteiger partial charge in [0, 0.05) is 39.9 Å². The summed E-state index contributed by atoms with van der Waals surface area (Å²) in [4.78, 5) is 3.59. The van der Waals surface area contributed by atoms with Crippen molar-refractivity contribution in [3.63, 3.8) is 0 Å². The van der Waals surface area contributed by atoms with Gasteiger partial charge in [-0.1, -0.05) is 55.5 Å². The molecule has 0 radical (unpaired) electrons. The average Bonchev–Trinajstić information content (AvgIpc) is 3.24. The number of aromatic nitrogens is 2. The second-order valence-electron chi connectivity index (χ2n) is 8.50. The third-order valence-electron chi connectivity index (χ3n) is 6.53. The summed E-state index contributed by atoms with van der Waals surface area (Å²) in [6.45, 7) is 2.29. The predicted octanol–water partition coefficient (Wildman–Crippen LogP) is 6.61. The lowest BCUT2D eigenvalue weighted by molar-refractivity contribution is 0.720. The van der Waals surface area contributed by atoms with Crippen LogP contribution in [0.2, 0.25) is 0 Å². The summed E-state index contributed by atoms with van der Waals surface area (Å²) in [7, 11) is 2.19. The van der Waals surface area contributed by atoms with Gasteiger partial charge in [0.2, 0.25) is 0 Å². The molecule has 0 fully saturated rings. The lowest BCUT2D eigenvalue weighted by atomic mass is 9.92. The molecule has 0 spiro atoms. The summed E-state index contributed by atoms with van der Waals surface area (Å²) in [5.74, 6) is 0.606. The molecule has 1 atom stereocenters. The van der Waals surface area contributed by atoms with Gasteiger partial charge >= 0.3 is 0 Å². The van der Waals surface area contributed by atoms with Crippen molar-refractivity contribution in [1.82, 2.24) is 9.55 Å². The van der Waals surface area contributed by atoms with E-state index < -0.39 is 0 Å². The first-order valence-electron chi connectivity index (χ1n) is 10.5. The molecule has 2 aromatic heterocycles. The monoisotopic (exact) mass is 376 g/mol. The Morgan fingerprint density at radius 3 is 2.76 bits per heavy atom. The molecule has 2 heteroatoms. The zero-order valence-corrected chi connectivity index (χ0v) is 16.9. The van der Waals surface area contributed by atoms with Gasteiger partial charge in [0.15, 0.2) is 0 Å². The number of rotatable bonds is 2. The van der Waals surface area contributed by atoms with E-state index in [-0.39, 0.29) is 0 Å². The van der Waals surface area contributed by atoms with Gasteiger partial charge in [-0.2, -0.15) is 0 Å². The molecule has 3 aromatic carbocycles. The number of aromatic amines is 1. The predicted molar refractivity (Wildman–Crippen MR) is 123 cm³/mol. The number of benzene rings is 3. The van der Waals surface area contributed by atoms with Crippen molar-refractivity contribution in [2.45, 2.75) is 19.8 Å². The molecule has 0 amide bonds. The van der Waals surface area contributed by atoms with E-state index in [1.165, 1.54) is 55.1 Å². The van der Waals surface area contributed by atoms with Gasteiger partial charge in [0.05, 0.1) is 5.52 Å². The van der Waals surface area contributed by atoms with Crippen molar-refractivity contribution in [3.8, 4) is 0 Å². The molecule has 1 unspecified atom stereocenters. The smallest absolute Gasteiger partial charge is 0.0524 e. The van der Waals surface area contributed by atoms with Crippen LogP contribution in [-0.2, 0) is 19.9 Å². The lowest BCUT2D eigenvalue weighted by Gasteiger charge is -2.12. The Balaban J connectivity index is 1.49. The summed E-state index contributed by atoms with van der Waals surface area (Å²) in [5, 5.41) is 4.07. The Morgan fingerprint density at radius 1 is 0.966 bits per heavy atom. The summed E-state index contributed by atoms with van der Waals surface area (Å²) >= 11 is 0. The molecule has 5 aromatic rings.